The van der Waals surface area contributed by atoms with Gasteiger partial charge in [0.25, 0.3) is 4.60 Å². The van der Waals surface area contributed by atoms with Crippen LogP contribution in [0, 0.1) is 22.6 Å². The van der Waals surface area contributed by atoms with Gasteiger partial charge in [-0.15, -0.1) is 0 Å². The minimum atomic E-state index is 0.604. The van der Waals surface area contributed by atoms with Gasteiger partial charge in [0.2, 0.25) is 0 Å². The molecule has 0 atom stereocenters. The molecule has 0 aliphatic rings. The fourth-order valence-corrected chi connectivity index (χ4v) is 1.91. The summed E-state index contributed by atoms with van der Waals surface area (Å²) < 4.78 is 2.58. The lowest BCUT2D eigenvalue weighted by atomic mass is 10.2. The van der Waals surface area contributed by atoms with Gasteiger partial charge in [-0.1, -0.05) is 0 Å². The van der Waals surface area contributed by atoms with Crippen LogP contribution in [0.1, 0.15) is 11.1 Å². The average Bonchev–Trinajstić information content (AvgIpc) is 1.97. The van der Waals surface area contributed by atoms with E-state index >= 15 is 0 Å². The summed E-state index contributed by atoms with van der Waals surface area (Å²) in [6.45, 7) is 3.85. The molecule has 0 saturated carbocycles. The topological polar surface area (TPSA) is 26.9 Å². The van der Waals surface area contributed by atoms with E-state index in [9.17, 15) is 5.21 Å². The van der Waals surface area contributed by atoms with Crippen molar-refractivity contribution in [2.24, 2.45) is 0 Å². The summed E-state index contributed by atoms with van der Waals surface area (Å²) in [6.07, 6.45) is 1.57. The normalized spacial score (nSPS) is 10.2. The second-order valence-electron chi connectivity index (χ2n) is 2.37. The maximum atomic E-state index is 11.1. The Hall–Kier alpha value is 0.160. The van der Waals surface area contributed by atoms with E-state index in [1.807, 2.05) is 13.8 Å². The van der Waals surface area contributed by atoms with Gasteiger partial charge < -0.3 is 5.21 Å². The van der Waals surface area contributed by atoms with Crippen LogP contribution in [0.3, 0.4) is 0 Å². The summed E-state index contributed by atoms with van der Waals surface area (Å²) in [5, 5.41) is 11.1. The molecule has 0 radical (unpaired) electrons. The standard InChI is InChI=1S/C7H7BrINO/c1-4-3-10(11)7(8)5(2)6(4)9/h3H,1-2H3. The molecule has 0 fully saturated rings. The second-order valence-corrected chi connectivity index (χ2v) is 4.20. The first-order valence-electron chi connectivity index (χ1n) is 3.08. The highest BCUT2D eigenvalue weighted by atomic mass is 127. The third-order valence-corrected chi connectivity index (χ3v) is 4.09. The molecule has 0 amide bonds. The highest BCUT2D eigenvalue weighted by Gasteiger charge is 2.11. The number of halogens is 2. The van der Waals surface area contributed by atoms with Gasteiger partial charge in [-0.05, 0) is 36.4 Å². The Kier molecular flexibility index (Phi) is 2.74. The van der Waals surface area contributed by atoms with Gasteiger partial charge in [-0.2, -0.15) is 4.73 Å². The van der Waals surface area contributed by atoms with Gasteiger partial charge in [0.1, 0.15) is 0 Å². The predicted molar refractivity (Wildman–Crippen MR) is 55.3 cm³/mol. The van der Waals surface area contributed by atoms with Crippen molar-refractivity contribution in [2.45, 2.75) is 13.8 Å². The minimum Gasteiger partial charge on any atom is -0.618 e. The van der Waals surface area contributed by atoms with Crippen molar-refractivity contribution in [2.75, 3.05) is 0 Å². The third kappa shape index (κ3) is 1.66. The number of hydrogen-bond donors (Lipinski definition) is 0. The maximum absolute atomic E-state index is 11.1. The Bertz CT molecular complexity index is 275. The molecule has 0 aliphatic carbocycles. The van der Waals surface area contributed by atoms with Gasteiger partial charge in [-0.3, -0.25) is 0 Å². The molecule has 0 N–H and O–H groups in total. The number of aryl methyl sites for hydroxylation is 1. The van der Waals surface area contributed by atoms with Crippen LogP contribution < -0.4 is 4.73 Å². The van der Waals surface area contributed by atoms with E-state index < -0.39 is 0 Å². The van der Waals surface area contributed by atoms with Gasteiger partial charge >= 0.3 is 0 Å². The number of pyridine rings is 1. The molecular formula is C7H7BrINO. The molecule has 0 aliphatic heterocycles. The molecule has 0 aromatic carbocycles. The monoisotopic (exact) mass is 327 g/mol. The molecular weight excluding hydrogens is 321 g/mol. The van der Waals surface area contributed by atoms with Crippen LogP contribution in [-0.4, -0.2) is 0 Å². The zero-order chi connectivity index (χ0) is 8.59. The molecule has 11 heavy (non-hydrogen) atoms. The van der Waals surface area contributed by atoms with Crippen molar-refractivity contribution in [1.82, 2.24) is 0 Å². The lowest BCUT2D eigenvalue weighted by molar-refractivity contribution is -0.618. The Balaban J connectivity index is 3.46. The van der Waals surface area contributed by atoms with Gasteiger partial charge in [0.05, 0.1) is 0 Å². The van der Waals surface area contributed by atoms with Crippen LogP contribution >= 0.6 is 38.5 Å². The third-order valence-electron chi connectivity index (χ3n) is 1.49. The largest absolute Gasteiger partial charge is 0.618 e. The molecule has 1 aromatic rings. The SMILES string of the molecule is Cc1c[n+]([O-])c(Br)c(C)c1I. The fourth-order valence-electron chi connectivity index (χ4n) is 0.841. The smallest absolute Gasteiger partial charge is 0.263 e. The highest BCUT2D eigenvalue weighted by molar-refractivity contribution is 14.1. The van der Waals surface area contributed by atoms with Crippen LogP contribution in [0.4, 0.5) is 0 Å². The number of aromatic nitrogens is 1. The van der Waals surface area contributed by atoms with Crippen molar-refractivity contribution in [3.8, 4) is 0 Å². The van der Waals surface area contributed by atoms with Gasteiger partial charge in [0.15, 0.2) is 6.20 Å². The highest BCUT2D eigenvalue weighted by Crippen LogP contribution is 2.19. The minimum absolute atomic E-state index is 0.604. The van der Waals surface area contributed by atoms with E-state index in [1.165, 1.54) is 0 Å². The summed E-state index contributed by atoms with van der Waals surface area (Å²) in [7, 11) is 0. The number of nitrogens with zero attached hydrogens (tertiary/aromatic N) is 1. The molecule has 0 saturated heterocycles. The van der Waals surface area contributed by atoms with Crippen LogP contribution in [-0.2, 0) is 0 Å². The van der Waals surface area contributed by atoms with Crippen molar-refractivity contribution in [1.29, 1.82) is 0 Å². The predicted octanol–water partition coefficient (Wildman–Crippen LogP) is 2.30. The molecule has 0 unspecified atom stereocenters. The molecule has 60 valence electrons. The van der Waals surface area contributed by atoms with E-state index in [-0.39, 0.29) is 0 Å². The first-order valence-corrected chi connectivity index (χ1v) is 4.95. The molecule has 1 aromatic heterocycles. The Morgan fingerprint density at radius 2 is 2.09 bits per heavy atom. The van der Waals surface area contributed by atoms with Crippen molar-refractivity contribution >= 4 is 38.5 Å². The molecule has 0 bridgehead atoms. The first-order chi connectivity index (χ1) is 5.04. The van der Waals surface area contributed by atoms with E-state index in [4.69, 9.17) is 0 Å². The second kappa shape index (κ2) is 3.26. The zero-order valence-electron chi connectivity index (χ0n) is 6.19. The molecule has 0 spiro atoms. The summed E-state index contributed by atoms with van der Waals surface area (Å²) in [6, 6.07) is 0. The summed E-state index contributed by atoms with van der Waals surface area (Å²) >= 11 is 5.44. The van der Waals surface area contributed by atoms with Crippen LogP contribution in [0.25, 0.3) is 0 Å². The first kappa shape index (κ1) is 9.25. The Labute approximate surface area is 87.5 Å². The molecule has 4 heteroatoms. The van der Waals surface area contributed by atoms with E-state index in [0.717, 1.165) is 19.4 Å². The van der Waals surface area contributed by atoms with Gasteiger partial charge in [0, 0.05) is 30.6 Å². The quantitative estimate of drug-likeness (QED) is 0.311. The Morgan fingerprint density at radius 1 is 1.55 bits per heavy atom. The van der Waals surface area contributed by atoms with Crippen molar-refractivity contribution < 1.29 is 4.73 Å². The maximum Gasteiger partial charge on any atom is 0.263 e. The molecule has 1 rings (SSSR count). The van der Waals surface area contributed by atoms with Crippen LogP contribution in [0.5, 0.6) is 0 Å². The van der Waals surface area contributed by atoms with E-state index in [2.05, 4.69) is 38.5 Å². The number of hydrogen-bond acceptors (Lipinski definition) is 1. The zero-order valence-corrected chi connectivity index (χ0v) is 9.93. The summed E-state index contributed by atoms with van der Waals surface area (Å²) in [4.78, 5) is 0. The molecule has 1 heterocycles. The lowest BCUT2D eigenvalue weighted by Crippen LogP contribution is -2.29. The van der Waals surface area contributed by atoms with Crippen LogP contribution in [0.2, 0.25) is 0 Å². The van der Waals surface area contributed by atoms with Crippen molar-refractivity contribution in [3.05, 3.63) is 30.7 Å². The number of rotatable bonds is 0. The summed E-state index contributed by atoms with van der Waals surface area (Å²) in [5.74, 6) is 0. The van der Waals surface area contributed by atoms with Gasteiger partial charge in [-0.25, -0.2) is 0 Å². The average molecular weight is 328 g/mol. The van der Waals surface area contributed by atoms with Crippen molar-refractivity contribution in [3.63, 3.8) is 0 Å². The lowest BCUT2D eigenvalue weighted by Gasteiger charge is -2.05. The fraction of sp³-hybridized carbons (Fsp3) is 0.286. The Morgan fingerprint density at radius 3 is 2.64 bits per heavy atom. The summed E-state index contributed by atoms with van der Waals surface area (Å²) in [5.41, 5.74) is 2.02. The molecule has 2 nitrogen and oxygen atoms in total. The van der Waals surface area contributed by atoms with E-state index in [0.29, 0.717) is 4.60 Å². The van der Waals surface area contributed by atoms with Crippen LogP contribution in [0.15, 0.2) is 10.8 Å². The van der Waals surface area contributed by atoms with E-state index in [1.54, 1.807) is 6.20 Å².